The third-order valence-electron chi connectivity index (χ3n) is 3.24. The number of aryl methyl sites for hydroxylation is 1. The van der Waals surface area contributed by atoms with Crippen LogP contribution in [0.5, 0.6) is 0 Å². The predicted octanol–water partition coefficient (Wildman–Crippen LogP) is 2.00. The Kier molecular flexibility index (Phi) is 6.84. The minimum absolute atomic E-state index is 0.0154. The SMILES string of the molecule is CCCC(NCCCS(=O)(=O)c1ccc(C)cc1)C(=O)O. The van der Waals surface area contributed by atoms with Crippen LogP contribution < -0.4 is 5.32 Å². The smallest absolute Gasteiger partial charge is 0.320 e. The van der Waals surface area contributed by atoms with E-state index in [1.54, 1.807) is 24.3 Å². The summed E-state index contributed by atoms with van der Waals surface area (Å²) in [6.07, 6.45) is 1.70. The van der Waals surface area contributed by atoms with Gasteiger partial charge in [-0.25, -0.2) is 8.42 Å². The Bertz CT molecular complexity index is 552. The Morgan fingerprint density at radius 2 is 1.90 bits per heavy atom. The highest BCUT2D eigenvalue weighted by atomic mass is 32.2. The van der Waals surface area contributed by atoms with Gasteiger partial charge in [-0.1, -0.05) is 31.0 Å². The van der Waals surface area contributed by atoms with E-state index in [0.29, 0.717) is 24.3 Å². The van der Waals surface area contributed by atoms with E-state index in [4.69, 9.17) is 5.11 Å². The third kappa shape index (κ3) is 5.85. The normalized spacial score (nSPS) is 13.0. The Labute approximate surface area is 126 Å². The summed E-state index contributed by atoms with van der Waals surface area (Å²) in [7, 11) is -3.29. The van der Waals surface area contributed by atoms with Gasteiger partial charge in [0.2, 0.25) is 0 Å². The Morgan fingerprint density at radius 3 is 2.43 bits per heavy atom. The van der Waals surface area contributed by atoms with Gasteiger partial charge >= 0.3 is 5.97 Å². The average Bonchev–Trinajstić information content (AvgIpc) is 2.42. The van der Waals surface area contributed by atoms with Gasteiger partial charge in [0.1, 0.15) is 6.04 Å². The molecule has 0 bridgehead atoms. The van der Waals surface area contributed by atoms with Crippen LogP contribution in [0.25, 0.3) is 0 Å². The van der Waals surface area contributed by atoms with Crippen LogP contribution in [-0.4, -0.2) is 37.8 Å². The van der Waals surface area contributed by atoms with Gasteiger partial charge in [-0.3, -0.25) is 4.79 Å². The summed E-state index contributed by atoms with van der Waals surface area (Å²) in [5.41, 5.74) is 1.01. The fraction of sp³-hybridized carbons (Fsp3) is 0.533. The van der Waals surface area contributed by atoms with Gasteiger partial charge in [0.15, 0.2) is 9.84 Å². The summed E-state index contributed by atoms with van der Waals surface area (Å²) in [5.74, 6) is -0.875. The molecule has 0 spiro atoms. The van der Waals surface area contributed by atoms with Crippen LogP contribution in [0.2, 0.25) is 0 Å². The van der Waals surface area contributed by atoms with Crippen molar-refractivity contribution < 1.29 is 18.3 Å². The molecular formula is C15H23NO4S. The van der Waals surface area contributed by atoms with Gasteiger partial charge in [0.25, 0.3) is 0 Å². The number of carboxylic acids is 1. The van der Waals surface area contributed by atoms with Crippen molar-refractivity contribution in [2.24, 2.45) is 0 Å². The molecule has 0 aliphatic rings. The molecule has 1 aromatic rings. The molecule has 6 heteroatoms. The molecule has 1 aromatic carbocycles. The second kappa shape index (κ2) is 8.14. The highest BCUT2D eigenvalue weighted by molar-refractivity contribution is 7.91. The number of carbonyl (C=O) groups is 1. The van der Waals surface area contributed by atoms with Crippen molar-refractivity contribution in [1.82, 2.24) is 5.32 Å². The van der Waals surface area contributed by atoms with E-state index in [1.165, 1.54) is 0 Å². The van der Waals surface area contributed by atoms with Crippen LogP contribution in [0, 0.1) is 6.92 Å². The maximum Gasteiger partial charge on any atom is 0.320 e. The van der Waals surface area contributed by atoms with Crippen molar-refractivity contribution in [2.45, 2.75) is 44.0 Å². The summed E-state index contributed by atoms with van der Waals surface area (Å²) in [5, 5.41) is 11.9. The largest absolute Gasteiger partial charge is 0.480 e. The zero-order valence-corrected chi connectivity index (χ0v) is 13.3. The second-order valence-corrected chi connectivity index (χ2v) is 7.23. The molecule has 0 aliphatic carbocycles. The molecule has 1 rings (SSSR count). The molecule has 0 heterocycles. The Hall–Kier alpha value is -1.40. The first-order valence-electron chi connectivity index (χ1n) is 7.12. The van der Waals surface area contributed by atoms with Gasteiger partial charge in [0.05, 0.1) is 10.6 Å². The van der Waals surface area contributed by atoms with Crippen LogP contribution in [0.15, 0.2) is 29.2 Å². The molecule has 0 saturated carbocycles. The molecule has 0 amide bonds. The maximum atomic E-state index is 12.1. The van der Waals surface area contributed by atoms with Crippen molar-refractivity contribution in [3.05, 3.63) is 29.8 Å². The Morgan fingerprint density at radius 1 is 1.29 bits per heavy atom. The van der Waals surface area contributed by atoms with E-state index in [0.717, 1.165) is 12.0 Å². The van der Waals surface area contributed by atoms with Gasteiger partial charge in [-0.2, -0.15) is 0 Å². The van der Waals surface area contributed by atoms with Gasteiger partial charge in [-0.05, 0) is 38.4 Å². The molecular weight excluding hydrogens is 290 g/mol. The van der Waals surface area contributed by atoms with E-state index in [1.807, 2.05) is 13.8 Å². The van der Waals surface area contributed by atoms with E-state index in [-0.39, 0.29) is 5.75 Å². The lowest BCUT2D eigenvalue weighted by Gasteiger charge is -2.13. The zero-order chi connectivity index (χ0) is 15.9. The maximum absolute atomic E-state index is 12.1. The molecule has 0 fully saturated rings. The molecule has 2 N–H and O–H groups in total. The van der Waals surface area contributed by atoms with Crippen molar-refractivity contribution in [1.29, 1.82) is 0 Å². The predicted molar refractivity (Wildman–Crippen MR) is 82.2 cm³/mol. The highest BCUT2D eigenvalue weighted by Crippen LogP contribution is 2.12. The average molecular weight is 313 g/mol. The molecule has 1 atom stereocenters. The topological polar surface area (TPSA) is 83.5 Å². The number of carboxylic acid groups (broad SMARTS) is 1. The van der Waals surface area contributed by atoms with E-state index < -0.39 is 21.8 Å². The molecule has 0 radical (unpaired) electrons. The molecule has 0 saturated heterocycles. The lowest BCUT2D eigenvalue weighted by atomic mass is 10.1. The first-order chi connectivity index (χ1) is 9.86. The summed E-state index contributed by atoms with van der Waals surface area (Å²) >= 11 is 0. The third-order valence-corrected chi connectivity index (χ3v) is 5.05. The van der Waals surface area contributed by atoms with E-state index >= 15 is 0 Å². The highest BCUT2D eigenvalue weighted by Gasteiger charge is 2.17. The minimum atomic E-state index is -3.29. The quantitative estimate of drug-likeness (QED) is 0.681. The molecule has 1 unspecified atom stereocenters. The van der Waals surface area contributed by atoms with Crippen molar-refractivity contribution in [2.75, 3.05) is 12.3 Å². The Balaban J connectivity index is 2.47. The van der Waals surface area contributed by atoms with Gasteiger partial charge in [0, 0.05) is 0 Å². The van der Waals surface area contributed by atoms with Gasteiger partial charge < -0.3 is 10.4 Å². The van der Waals surface area contributed by atoms with Crippen LogP contribution in [-0.2, 0) is 14.6 Å². The second-order valence-electron chi connectivity index (χ2n) is 5.12. The standard InChI is InChI=1S/C15H23NO4S/c1-3-5-14(15(17)18)16-10-4-11-21(19,20)13-8-6-12(2)7-9-13/h6-9,14,16H,3-5,10-11H2,1-2H3,(H,17,18). The number of nitrogens with one attached hydrogen (secondary N) is 1. The summed E-state index contributed by atoms with van der Waals surface area (Å²) < 4.78 is 24.2. The van der Waals surface area contributed by atoms with Crippen LogP contribution in [0.1, 0.15) is 31.7 Å². The zero-order valence-electron chi connectivity index (χ0n) is 12.5. The summed E-state index contributed by atoms with van der Waals surface area (Å²) in [6, 6.07) is 6.15. The van der Waals surface area contributed by atoms with Crippen LogP contribution in [0.3, 0.4) is 0 Å². The van der Waals surface area contributed by atoms with Crippen molar-refractivity contribution in [3.63, 3.8) is 0 Å². The lowest BCUT2D eigenvalue weighted by molar-refractivity contribution is -0.139. The fourth-order valence-corrected chi connectivity index (χ4v) is 3.31. The van der Waals surface area contributed by atoms with E-state index in [9.17, 15) is 13.2 Å². The number of aliphatic carboxylic acids is 1. The minimum Gasteiger partial charge on any atom is -0.480 e. The molecule has 21 heavy (non-hydrogen) atoms. The summed E-state index contributed by atoms with van der Waals surface area (Å²) in [6.45, 7) is 4.20. The molecule has 0 aliphatic heterocycles. The number of rotatable bonds is 9. The number of benzene rings is 1. The van der Waals surface area contributed by atoms with Gasteiger partial charge in [-0.15, -0.1) is 0 Å². The first kappa shape index (κ1) is 17.7. The fourth-order valence-electron chi connectivity index (χ4n) is 2.00. The number of hydrogen-bond donors (Lipinski definition) is 2. The monoisotopic (exact) mass is 313 g/mol. The van der Waals surface area contributed by atoms with Crippen LogP contribution >= 0.6 is 0 Å². The summed E-state index contributed by atoms with van der Waals surface area (Å²) in [4.78, 5) is 11.3. The van der Waals surface area contributed by atoms with Crippen molar-refractivity contribution in [3.8, 4) is 0 Å². The number of hydrogen-bond acceptors (Lipinski definition) is 4. The van der Waals surface area contributed by atoms with Crippen LogP contribution in [0.4, 0.5) is 0 Å². The molecule has 5 nitrogen and oxygen atoms in total. The number of sulfone groups is 1. The molecule has 0 aromatic heterocycles. The lowest BCUT2D eigenvalue weighted by Crippen LogP contribution is -2.37. The van der Waals surface area contributed by atoms with E-state index in [2.05, 4.69) is 5.32 Å². The van der Waals surface area contributed by atoms with Crippen molar-refractivity contribution >= 4 is 15.8 Å². The molecule has 118 valence electrons. The first-order valence-corrected chi connectivity index (χ1v) is 8.77.